The van der Waals surface area contributed by atoms with E-state index in [4.69, 9.17) is 0 Å². The standard InChI is InChI=1S/C17H20FN/c1-11-8-13(3)16(9-12(11)2)17(19-4)14-6-5-7-15(18)10-14/h5-10,17,19H,1-4H3. The van der Waals surface area contributed by atoms with E-state index in [9.17, 15) is 4.39 Å². The Balaban J connectivity index is 2.51. The van der Waals surface area contributed by atoms with Crippen LogP contribution in [0.5, 0.6) is 0 Å². The van der Waals surface area contributed by atoms with E-state index in [0.717, 1.165) is 5.56 Å². The highest BCUT2D eigenvalue weighted by Crippen LogP contribution is 2.27. The van der Waals surface area contributed by atoms with Gasteiger partial charge in [0, 0.05) is 0 Å². The summed E-state index contributed by atoms with van der Waals surface area (Å²) in [7, 11) is 1.91. The highest BCUT2D eigenvalue weighted by molar-refractivity contribution is 5.42. The van der Waals surface area contributed by atoms with Gasteiger partial charge < -0.3 is 5.32 Å². The molecule has 1 atom stereocenters. The number of aryl methyl sites for hydroxylation is 3. The molecular formula is C17H20FN. The number of benzene rings is 2. The molecule has 2 heteroatoms. The fourth-order valence-corrected chi connectivity index (χ4v) is 2.48. The Labute approximate surface area is 114 Å². The zero-order valence-electron chi connectivity index (χ0n) is 11.9. The van der Waals surface area contributed by atoms with Crippen molar-refractivity contribution in [1.82, 2.24) is 5.32 Å². The van der Waals surface area contributed by atoms with Crippen molar-refractivity contribution < 1.29 is 4.39 Å². The monoisotopic (exact) mass is 257 g/mol. The summed E-state index contributed by atoms with van der Waals surface area (Å²) in [6.45, 7) is 6.32. The maximum absolute atomic E-state index is 13.4. The van der Waals surface area contributed by atoms with Crippen LogP contribution in [-0.2, 0) is 0 Å². The van der Waals surface area contributed by atoms with Gasteiger partial charge in [-0.1, -0.05) is 24.3 Å². The van der Waals surface area contributed by atoms with Crippen molar-refractivity contribution in [3.05, 3.63) is 70.0 Å². The smallest absolute Gasteiger partial charge is 0.123 e. The molecule has 1 N–H and O–H groups in total. The fourth-order valence-electron chi connectivity index (χ4n) is 2.48. The lowest BCUT2D eigenvalue weighted by molar-refractivity contribution is 0.616. The second kappa shape index (κ2) is 5.54. The van der Waals surface area contributed by atoms with E-state index in [1.807, 2.05) is 13.1 Å². The van der Waals surface area contributed by atoms with Crippen LogP contribution in [0.2, 0.25) is 0 Å². The van der Waals surface area contributed by atoms with Crippen LogP contribution in [-0.4, -0.2) is 7.05 Å². The molecule has 2 rings (SSSR count). The van der Waals surface area contributed by atoms with Gasteiger partial charge in [-0.2, -0.15) is 0 Å². The molecule has 0 saturated carbocycles. The van der Waals surface area contributed by atoms with Crippen molar-refractivity contribution in [2.24, 2.45) is 0 Å². The van der Waals surface area contributed by atoms with Gasteiger partial charge in [-0.25, -0.2) is 4.39 Å². The van der Waals surface area contributed by atoms with Crippen LogP contribution in [0.3, 0.4) is 0 Å². The van der Waals surface area contributed by atoms with Gasteiger partial charge in [0.1, 0.15) is 5.82 Å². The molecule has 0 spiro atoms. The van der Waals surface area contributed by atoms with E-state index in [-0.39, 0.29) is 11.9 Å². The SMILES string of the molecule is CNC(c1cccc(F)c1)c1cc(C)c(C)cc1C. The van der Waals surface area contributed by atoms with E-state index in [2.05, 4.69) is 38.2 Å². The maximum atomic E-state index is 13.4. The minimum Gasteiger partial charge on any atom is -0.309 e. The predicted molar refractivity (Wildman–Crippen MR) is 78.0 cm³/mol. The Hall–Kier alpha value is -1.67. The Morgan fingerprint density at radius 3 is 2.26 bits per heavy atom. The van der Waals surface area contributed by atoms with Gasteiger partial charge in [0.2, 0.25) is 0 Å². The third-order valence-corrected chi connectivity index (χ3v) is 3.66. The first-order valence-corrected chi connectivity index (χ1v) is 6.53. The van der Waals surface area contributed by atoms with Gasteiger partial charge >= 0.3 is 0 Å². The lowest BCUT2D eigenvalue weighted by Crippen LogP contribution is -2.19. The van der Waals surface area contributed by atoms with Gasteiger partial charge in [-0.3, -0.25) is 0 Å². The maximum Gasteiger partial charge on any atom is 0.123 e. The molecule has 0 aliphatic rings. The van der Waals surface area contributed by atoms with Crippen molar-refractivity contribution >= 4 is 0 Å². The Morgan fingerprint density at radius 2 is 1.63 bits per heavy atom. The van der Waals surface area contributed by atoms with E-state index in [1.165, 1.54) is 28.3 Å². The summed E-state index contributed by atoms with van der Waals surface area (Å²) >= 11 is 0. The Kier molecular flexibility index (Phi) is 4.01. The predicted octanol–water partition coefficient (Wildman–Crippen LogP) is 4.06. The summed E-state index contributed by atoms with van der Waals surface area (Å²) < 4.78 is 13.4. The third-order valence-electron chi connectivity index (χ3n) is 3.66. The molecule has 0 aliphatic heterocycles. The molecule has 0 amide bonds. The van der Waals surface area contributed by atoms with Crippen LogP contribution >= 0.6 is 0 Å². The number of halogens is 1. The van der Waals surface area contributed by atoms with Crippen LogP contribution in [0.15, 0.2) is 36.4 Å². The molecule has 0 fully saturated rings. The molecule has 0 saturated heterocycles. The fraction of sp³-hybridized carbons (Fsp3) is 0.294. The minimum atomic E-state index is -0.195. The summed E-state index contributed by atoms with van der Waals surface area (Å²) in [4.78, 5) is 0. The van der Waals surface area contributed by atoms with Crippen LogP contribution in [0.25, 0.3) is 0 Å². The second-order valence-electron chi connectivity index (χ2n) is 5.07. The van der Waals surface area contributed by atoms with Crippen LogP contribution < -0.4 is 5.32 Å². The number of hydrogen-bond acceptors (Lipinski definition) is 1. The van der Waals surface area contributed by atoms with Gasteiger partial charge in [0.25, 0.3) is 0 Å². The van der Waals surface area contributed by atoms with Crippen molar-refractivity contribution in [3.63, 3.8) is 0 Å². The van der Waals surface area contributed by atoms with Crippen LogP contribution in [0, 0.1) is 26.6 Å². The molecule has 0 aromatic heterocycles. The first kappa shape index (κ1) is 13.8. The molecule has 1 nitrogen and oxygen atoms in total. The summed E-state index contributed by atoms with van der Waals surface area (Å²) in [6.07, 6.45) is 0. The summed E-state index contributed by atoms with van der Waals surface area (Å²) in [5.74, 6) is -0.195. The number of rotatable bonds is 3. The molecule has 0 aliphatic carbocycles. The third kappa shape index (κ3) is 2.85. The molecule has 2 aromatic rings. The molecule has 1 unspecified atom stereocenters. The lowest BCUT2D eigenvalue weighted by atomic mass is 9.92. The van der Waals surface area contributed by atoms with Crippen LogP contribution in [0.1, 0.15) is 33.9 Å². The van der Waals surface area contributed by atoms with E-state index in [1.54, 1.807) is 12.1 Å². The molecule has 0 radical (unpaired) electrons. The first-order chi connectivity index (χ1) is 9.02. The normalized spacial score (nSPS) is 12.5. The van der Waals surface area contributed by atoms with Crippen molar-refractivity contribution in [1.29, 1.82) is 0 Å². The van der Waals surface area contributed by atoms with E-state index in [0.29, 0.717) is 0 Å². The molecule has 0 heterocycles. The van der Waals surface area contributed by atoms with E-state index < -0.39 is 0 Å². The Bertz CT molecular complexity index is 590. The minimum absolute atomic E-state index is 0.0231. The summed E-state index contributed by atoms with van der Waals surface area (Å²) in [5.41, 5.74) is 5.93. The largest absolute Gasteiger partial charge is 0.309 e. The highest BCUT2D eigenvalue weighted by atomic mass is 19.1. The lowest BCUT2D eigenvalue weighted by Gasteiger charge is -2.21. The van der Waals surface area contributed by atoms with E-state index >= 15 is 0 Å². The van der Waals surface area contributed by atoms with Crippen molar-refractivity contribution in [2.75, 3.05) is 7.05 Å². The van der Waals surface area contributed by atoms with Crippen LogP contribution in [0.4, 0.5) is 4.39 Å². The molecule has 0 bridgehead atoms. The zero-order chi connectivity index (χ0) is 14.0. The second-order valence-corrected chi connectivity index (χ2v) is 5.07. The van der Waals surface area contributed by atoms with Gasteiger partial charge in [0.05, 0.1) is 6.04 Å². The van der Waals surface area contributed by atoms with Gasteiger partial charge in [-0.15, -0.1) is 0 Å². The summed E-state index contributed by atoms with van der Waals surface area (Å²) in [5, 5.41) is 3.28. The average molecular weight is 257 g/mol. The summed E-state index contributed by atoms with van der Waals surface area (Å²) in [6, 6.07) is 11.2. The van der Waals surface area contributed by atoms with Gasteiger partial charge in [-0.05, 0) is 67.8 Å². The topological polar surface area (TPSA) is 12.0 Å². The molecule has 2 aromatic carbocycles. The molecule has 19 heavy (non-hydrogen) atoms. The zero-order valence-corrected chi connectivity index (χ0v) is 11.9. The first-order valence-electron chi connectivity index (χ1n) is 6.53. The average Bonchev–Trinajstić information content (AvgIpc) is 2.36. The van der Waals surface area contributed by atoms with Gasteiger partial charge in [0.15, 0.2) is 0 Å². The Morgan fingerprint density at radius 1 is 0.947 bits per heavy atom. The van der Waals surface area contributed by atoms with Crippen molar-refractivity contribution in [3.8, 4) is 0 Å². The number of hydrogen-bond donors (Lipinski definition) is 1. The molecule has 100 valence electrons. The number of nitrogens with one attached hydrogen (secondary N) is 1. The highest BCUT2D eigenvalue weighted by Gasteiger charge is 2.15. The van der Waals surface area contributed by atoms with Crippen molar-refractivity contribution in [2.45, 2.75) is 26.8 Å². The molecular weight excluding hydrogens is 237 g/mol. The quantitative estimate of drug-likeness (QED) is 0.874.